The minimum atomic E-state index is -0.263. The molecule has 4 heteroatoms. The summed E-state index contributed by atoms with van der Waals surface area (Å²) in [5, 5.41) is 0. The van der Waals surface area contributed by atoms with Gasteiger partial charge in [0.05, 0.1) is 5.69 Å². The molecule has 92 valence electrons. The summed E-state index contributed by atoms with van der Waals surface area (Å²) >= 11 is 0. The lowest BCUT2D eigenvalue weighted by Crippen LogP contribution is -2.01. The number of halogens is 1. The van der Waals surface area contributed by atoms with Gasteiger partial charge in [0.2, 0.25) is 0 Å². The fourth-order valence-corrected chi connectivity index (χ4v) is 2.02. The zero-order chi connectivity index (χ0) is 12.7. The normalized spacial score (nSPS) is 14.8. The average molecular weight is 243 g/mol. The Balaban J connectivity index is 2.12. The second-order valence-electron chi connectivity index (χ2n) is 4.77. The second-order valence-corrected chi connectivity index (χ2v) is 4.77. The van der Waals surface area contributed by atoms with Crippen molar-refractivity contribution in [3.8, 4) is 11.3 Å². The van der Waals surface area contributed by atoms with Gasteiger partial charge in [-0.3, -0.25) is 0 Å². The highest BCUT2D eigenvalue weighted by Crippen LogP contribution is 2.39. The van der Waals surface area contributed by atoms with Crippen molar-refractivity contribution in [1.82, 2.24) is 9.97 Å². The fourth-order valence-electron chi connectivity index (χ4n) is 2.02. The van der Waals surface area contributed by atoms with Gasteiger partial charge in [0.25, 0.3) is 0 Å². The minimum absolute atomic E-state index is 0.263. The van der Waals surface area contributed by atoms with E-state index in [9.17, 15) is 4.39 Å². The van der Waals surface area contributed by atoms with E-state index in [2.05, 4.69) is 9.97 Å². The van der Waals surface area contributed by atoms with E-state index in [1.807, 2.05) is 6.92 Å². The second kappa shape index (κ2) is 4.05. The lowest BCUT2D eigenvalue weighted by molar-refractivity contribution is 0.628. The number of nitrogens with two attached hydrogens (primary N) is 1. The van der Waals surface area contributed by atoms with Crippen LogP contribution >= 0.6 is 0 Å². The van der Waals surface area contributed by atoms with Crippen molar-refractivity contribution < 1.29 is 4.39 Å². The van der Waals surface area contributed by atoms with Crippen molar-refractivity contribution in [2.45, 2.75) is 25.7 Å². The molecule has 0 bridgehead atoms. The average Bonchev–Trinajstić information content (AvgIpc) is 3.15. The zero-order valence-corrected chi connectivity index (χ0v) is 10.2. The molecule has 1 saturated carbocycles. The molecule has 3 rings (SSSR count). The van der Waals surface area contributed by atoms with E-state index < -0.39 is 0 Å². The minimum Gasteiger partial charge on any atom is -0.384 e. The molecule has 1 aliphatic carbocycles. The summed E-state index contributed by atoms with van der Waals surface area (Å²) in [6.45, 7) is 1.93. The number of anilines is 1. The highest BCUT2D eigenvalue weighted by Gasteiger charge is 2.27. The lowest BCUT2D eigenvalue weighted by atomic mass is 10.1. The van der Waals surface area contributed by atoms with E-state index in [1.165, 1.54) is 12.1 Å². The van der Waals surface area contributed by atoms with Crippen molar-refractivity contribution in [2.24, 2.45) is 0 Å². The Morgan fingerprint density at radius 1 is 1.22 bits per heavy atom. The molecular formula is C14H14FN3. The number of hydrogen-bond donors (Lipinski definition) is 1. The summed E-state index contributed by atoms with van der Waals surface area (Å²) in [4.78, 5) is 8.76. The van der Waals surface area contributed by atoms with E-state index >= 15 is 0 Å². The first-order valence-corrected chi connectivity index (χ1v) is 6.04. The summed E-state index contributed by atoms with van der Waals surface area (Å²) in [6, 6.07) is 6.40. The van der Waals surface area contributed by atoms with Crippen molar-refractivity contribution >= 4 is 5.82 Å². The quantitative estimate of drug-likeness (QED) is 0.882. The predicted molar refractivity (Wildman–Crippen MR) is 68.6 cm³/mol. The van der Waals surface area contributed by atoms with E-state index in [0.29, 0.717) is 17.4 Å². The van der Waals surface area contributed by atoms with Crippen LogP contribution in [0.2, 0.25) is 0 Å². The third kappa shape index (κ3) is 2.06. The van der Waals surface area contributed by atoms with E-state index in [1.54, 1.807) is 12.1 Å². The van der Waals surface area contributed by atoms with Crippen LogP contribution in [0, 0.1) is 12.7 Å². The van der Waals surface area contributed by atoms with Crippen LogP contribution in [0.3, 0.4) is 0 Å². The SMILES string of the molecule is Cc1ccc(F)cc1-c1cc(N)nc(C2CC2)n1. The smallest absolute Gasteiger partial charge is 0.134 e. The first kappa shape index (κ1) is 11.1. The van der Waals surface area contributed by atoms with Gasteiger partial charge in [-0.25, -0.2) is 14.4 Å². The fraction of sp³-hybridized carbons (Fsp3) is 0.286. The Morgan fingerprint density at radius 3 is 2.72 bits per heavy atom. The predicted octanol–water partition coefficient (Wildman–Crippen LogP) is 3.05. The van der Waals surface area contributed by atoms with Crippen LogP contribution in [-0.4, -0.2) is 9.97 Å². The zero-order valence-electron chi connectivity index (χ0n) is 10.2. The van der Waals surface area contributed by atoms with Gasteiger partial charge in [-0.15, -0.1) is 0 Å². The van der Waals surface area contributed by atoms with Gasteiger partial charge in [0.1, 0.15) is 17.5 Å². The summed E-state index contributed by atoms with van der Waals surface area (Å²) < 4.78 is 13.3. The molecule has 0 unspecified atom stereocenters. The number of benzene rings is 1. The standard InChI is InChI=1S/C14H14FN3/c1-8-2-5-10(15)6-11(8)12-7-13(16)18-14(17-12)9-3-4-9/h2,5-7,9H,3-4H2,1H3,(H2,16,17,18). The summed E-state index contributed by atoms with van der Waals surface area (Å²) in [6.07, 6.45) is 2.23. The molecule has 0 saturated heterocycles. The number of rotatable bonds is 2. The molecule has 2 aromatic rings. The Bertz CT molecular complexity index is 606. The highest BCUT2D eigenvalue weighted by atomic mass is 19.1. The maximum Gasteiger partial charge on any atom is 0.134 e. The lowest BCUT2D eigenvalue weighted by Gasteiger charge is -2.08. The van der Waals surface area contributed by atoms with Gasteiger partial charge in [0.15, 0.2) is 0 Å². The maximum absolute atomic E-state index is 13.3. The summed E-state index contributed by atoms with van der Waals surface area (Å²) in [5.74, 6) is 1.40. The van der Waals surface area contributed by atoms with Crippen LogP contribution in [0.25, 0.3) is 11.3 Å². The first-order valence-electron chi connectivity index (χ1n) is 6.04. The molecule has 2 N–H and O–H groups in total. The molecule has 1 aromatic carbocycles. The third-order valence-corrected chi connectivity index (χ3v) is 3.18. The van der Waals surface area contributed by atoms with Gasteiger partial charge in [-0.2, -0.15) is 0 Å². The summed E-state index contributed by atoms with van der Waals surface area (Å²) in [7, 11) is 0. The van der Waals surface area contributed by atoms with E-state index in [-0.39, 0.29) is 5.82 Å². The van der Waals surface area contributed by atoms with Crippen LogP contribution in [0.15, 0.2) is 24.3 Å². The van der Waals surface area contributed by atoms with E-state index in [4.69, 9.17) is 5.73 Å². The molecule has 0 atom stereocenters. The third-order valence-electron chi connectivity index (χ3n) is 3.18. The first-order chi connectivity index (χ1) is 8.63. The Kier molecular flexibility index (Phi) is 2.51. The van der Waals surface area contributed by atoms with Crippen molar-refractivity contribution in [2.75, 3.05) is 5.73 Å². The molecule has 18 heavy (non-hydrogen) atoms. The molecule has 0 spiro atoms. The summed E-state index contributed by atoms with van der Waals surface area (Å²) in [5.41, 5.74) is 8.28. The van der Waals surface area contributed by atoms with Crippen molar-refractivity contribution in [3.63, 3.8) is 0 Å². The molecule has 0 radical (unpaired) electrons. The number of aryl methyl sites for hydroxylation is 1. The Hall–Kier alpha value is -1.97. The maximum atomic E-state index is 13.3. The van der Waals surface area contributed by atoms with Gasteiger partial charge in [-0.1, -0.05) is 6.07 Å². The highest BCUT2D eigenvalue weighted by molar-refractivity contribution is 5.65. The topological polar surface area (TPSA) is 51.8 Å². The number of hydrogen-bond acceptors (Lipinski definition) is 3. The molecule has 1 aliphatic rings. The number of nitrogen functional groups attached to an aromatic ring is 1. The van der Waals surface area contributed by atoms with Crippen molar-refractivity contribution in [3.05, 3.63) is 41.5 Å². The molecule has 1 heterocycles. The number of aromatic nitrogens is 2. The molecule has 0 aliphatic heterocycles. The molecular weight excluding hydrogens is 229 g/mol. The van der Waals surface area contributed by atoms with Crippen LogP contribution in [0.5, 0.6) is 0 Å². The molecule has 0 amide bonds. The molecule has 3 nitrogen and oxygen atoms in total. The van der Waals surface area contributed by atoms with Gasteiger partial charge in [0, 0.05) is 17.5 Å². The number of nitrogens with zero attached hydrogens (tertiary/aromatic N) is 2. The van der Waals surface area contributed by atoms with Gasteiger partial charge >= 0.3 is 0 Å². The van der Waals surface area contributed by atoms with Crippen LogP contribution in [0.4, 0.5) is 10.2 Å². The van der Waals surface area contributed by atoms with Gasteiger partial charge in [-0.05, 0) is 37.5 Å². The monoisotopic (exact) mass is 243 g/mol. The van der Waals surface area contributed by atoms with Crippen molar-refractivity contribution in [1.29, 1.82) is 0 Å². The Morgan fingerprint density at radius 2 is 2.00 bits per heavy atom. The van der Waals surface area contributed by atoms with Crippen LogP contribution < -0.4 is 5.73 Å². The molecule has 1 aromatic heterocycles. The van der Waals surface area contributed by atoms with Crippen LogP contribution in [-0.2, 0) is 0 Å². The van der Waals surface area contributed by atoms with Gasteiger partial charge < -0.3 is 5.73 Å². The van der Waals surface area contributed by atoms with E-state index in [0.717, 1.165) is 29.8 Å². The molecule has 1 fully saturated rings. The van der Waals surface area contributed by atoms with Crippen LogP contribution in [0.1, 0.15) is 30.1 Å². The largest absolute Gasteiger partial charge is 0.384 e. The Labute approximate surface area is 105 Å².